The van der Waals surface area contributed by atoms with Crippen molar-refractivity contribution in [3.63, 3.8) is 0 Å². The fourth-order valence-electron chi connectivity index (χ4n) is 3.20. The highest BCUT2D eigenvalue weighted by molar-refractivity contribution is 5.92. The number of nitrogens with zero attached hydrogens (tertiary/aromatic N) is 2. The molecule has 3 heteroatoms. The number of carbonyl (C=O) groups excluding carboxylic acids is 1. The predicted molar refractivity (Wildman–Crippen MR) is 87.7 cm³/mol. The molecular formula is C19H22N2O. The molecule has 1 aromatic carbocycles. The van der Waals surface area contributed by atoms with Crippen molar-refractivity contribution in [2.45, 2.75) is 38.1 Å². The lowest BCUT2D eigenvalue weighted by Gasteiger charge is -2.29. The molecule has 1 fully saturated rings. The van der Waals surface area contributed by atoms with Gasteiger partial charge in [-0.25, -0.2) is 0 Å². The minimum absolute atomic E-state index is 0.0726. The van der Waals surface area contributed by atoms with Gasteiger partial charge in [0.15, 0.2) is 0 Å². The lowest BCUT2D eigenvalue weighted by Crippen LogP contribution is -2.40. The summed E-state index contributed by atoms with van der Waals surface area (Å²) >= 11 is 0. The predicted octanol–water partition coefficient (Wildman–Crippen LogP) is 3.71. The van der Waals surface area contributed by atoms with Crippen molar-refractivity contribution < 1.29 is 4.79 Å². The lowest BCUT2D eigenvalue weighted by atomic mass is 10.1. The lowest BCUT2D eigenvalue weighted by molar-refractivity contribution is 0.0678. The Morgan fingerprint density at radius 2 is 1.77 bits per heavy atom. The quantitative estimate of drug-likeness (QED) is 0.842. The topological polar surface area (TPSA) is 33.2 Å². The summed E-state index contributed by atoms with van der Waals surface area (Å²) in [5, 5.41) is 0. The summed E-state index contributed by atoms with van der Waals surface area (Å²) in [5.41, 5.74) is 1.83. The number of pyridine rings is 1. The van der Waals surface area contributed by atoms with Crippen LogP contribution in [0.2, 0.25) is 0 Å². The second kappa shape index (κ2) is 7.21. The first kappa shape index (κ1) is 14.8. The smallest absolute Gasteiger partial charge is 0.272 e. The maximum absolute atomic E-state index is 12.8. The van der Waals surface area contributed by atoms with Crippen molar-refractivity contribution >= 4 is 5.91 Å². The highest BCUT2D eigenvalue weighted by Gasteiger charge is 2.27. The zero-order valence-electron chi connectivity index (χ0n) is 12.8. The number of amides is 1. The Labute approximate surface area is 132 Å². The summed E-state index contributed by atoms with van der Waals surface area (Å²) in [7, 11) is 0. The summed E-state index contributed by atoms with van der Waals surface area (Å²) in [4.78, 5) is 19.1. The van der Waals surface area contributed by atoms with Gasteiger partial charge >= 0.3 is 0 Å². The Balaban J connectivity index is 1.73. The second-order valence-electron chi connectivity index (χ2n) is 5.89. The molecule has 1 heterocycles. The third-order valence-corrected chi connectivity index (χ3v) is 4.39. The van der Waals surface area contributed by atoms with E-state index < -0.39 is 0 Å². The van der Waals surface area contributed by atoms with Crippen LogP contribution in [-0.2, 0) is 6.42 Å². The molecule has 1 aromatic heterocycles. The van der Waals surface area contributed by atoms with Crippen molar-refractivity contribution in [1.29, 1.82) is 0 Å². The van der Waals surface area contributed by atoms with Crippen LogP contribution in [0.4, 0.5) is 0 Å². The largest absolute Gasteiger partial charge is 0.334 e. The van der Waals surface area contributed by atoms with Crippen molar-refractivity contribution in [1.82, 2.24) is 9.88 Å². The van der Waals surface area contributed by atoms with E-state index in [4.69, 9.17) is 0 Å². The average molecular weight is 294 g/mol. The van der Waals surface area contributed by atoms with Crippen LogP contribution in [0, 0.1) is 0 Å². The van der Waals surface area contributed by atoms with E-state index in [9.17, 15) is 4.79 Å². The molecule has 1 aliphatic carbocycles. The molecule has 0 radical (unpaired) electrons. The number of benzene rings is 1. The van der Waals surface area contributed by atoms with Crippen LogP contribution in [-0.4, -0.2) is 28.4 Å². The number of rotatable bonds is 5. The molecule has 0 N–H and O–H groups in total. The standard InChI is InChI=1S/C19H22N2O/c22-19(18-12-6-7-14-20-18)21(17-10-4-5-11-17)15-13-16-8-2-1-3-9-16/h1-3,6-9,12,14,17H,4-5,10-11,13,15H2. The Morgan fingerprint density at radius 3 is 2.45 bits per heavy atom. The van der Waals surface area contributed by atoms with Crippen molar-refractivity contribution in [2.24, 2.45) is 0 Å². The minimum atomic E-state index is 0.0726. The van der Waals surface area contributed by atoms with Gasteiger partial charge in [0.1, 0.15) is 5.69 Å². The molecule has 0 bridgehead atoms. The van der Waals surface area contributed by atoms with Gasteiger partial charge in [0.25, 0.3) is 5.91 Å². The third kappa shape index (κ3) is 3.53. The Kier molecular flexibility index (Phi) is 4.84. The molecule has 3 nitrogen and oxygen atoms in total. The summed E-state index contributed by atoms with van der Waals surface area (Å²) in [6.45, 7) is 0.768. The van der Waals surface area contributed by atoms with E-state index in [1.807, 2.05) is 29.2 Å². The monoisotopic (exact) mass is 294 g/mol. The van der Waals surface area contributed by atoms with Gasteiger partial charge in [-0.3, -0.25) is 9.78 Å². The maximum atomic E-state index is 12.8. The van der Waals surface area contributed by atoms with Crippen LogP contribution < -0.4 is 0 Å². The number of aromatic nitrogens is 1. The number of hydrogen-bond donors (Lipinski definition) is 0. The van der Waals surface area contributed by atoms with E-state index in [-0.39, 0.29) is 5.91 Å². The highest BCUT2D eigenvalue weighted by Crippen LogP contribution is 2.25. The van der Waals surface area contributed by atoms with Gasteiger partial charge in [-0.05, 0) is 37.0 Å². The van der Waals surface area contributed by atoms with Crippen LogP contribution in [0.5, 0.6) is 0 Å². The Morgan fingerprint density at radius 1 is 1.05 bits per heavy atom. The summed E-state index contributed by atoms with van der Waals surface area (Å²) < 4.78 is 0. The van der Waals surface area contributed by atoms with Gasteiger partial charge in [-0.15, -0.1) is 0 Å². The molecule has 0 aliphatic heterocycles. The molecule has 1 aliphatic rings. The van der Waals surface area contributed by atoms with Crippen molar-refractivity contribution in [2.75, 3.05) is 6.54 Å². The molecule has 2 aromatic rings. The Hall–Kier alpha value is -2.16. The molecule has 114 valence electrons. The van der Waals surface area contributed by atoms with E-state index in [1.54, 1.807) is 6.20 Å². The first-order valence-corrected chi connectivity index (χ1v) is 8.10. The third-order valence-electron chi connectivity index (χ3n) is 4.39. The van der Waals surface area contributed by atoms with Gasteiger partial charge in [-0.2, -0.15) is 0 Å². The van der Waals surface area contributed by atoms with E-state index >= 15 is 0 Å². The first-order chi connectivity index (χ1) is 10.8. The maximum Gasteiger partial charge on any atom is 0.272 e. The molecule has 0 saturated heterocycles. The second-order valence-corrected chi connectivity index (χ2v) is 5.89. The van der Waals surface area contributed by atoms with E-state index in [1.165, 1.54) is 18.4 Å². The average Bonchev–Trinajstić information content (AvgIpc) is 3.11. The van der Waals surface area contributed by atoms with Crippen molar-refractivity contribution in [3.8, 4) is 0 Å². The molecule has 1 amide bonds. The number of hydrogen-bond acceptors (Lipinski definition) is 2. The van der Waals surface area contributed by atoms with Crippen LogP contribution in [0.3, 0.4) is 0 Å². The van der Waals surface area contributed by atoms with Gasteiger partial charge in [-0.1, -0.05) is 49.2 Å². The van der Waals surface area contributed by atoms with E-state index in [0.29, 0.717) is 11.7 Å². The van der Waals surface area contributed by atoms with Crippen LogP contribution in [0.15, 0.2) is 54.7 Å². The Bertz CT molecular complexity index is 591. The molecule has 3 rings (SSSR count). The van der Waals surface area contributed by atoms with Gasteiger partial charge in [0.2, 0.25) is 0 Å². The van der Waals surface area contributed by atoms with Gasteiger partial charge in [0.05, 0.1) is 0 Å². The minimum Gasteiger partial charge on any atom is -0.334 e. The normalized spacial score (nSPS) is 14.9. The fraction of sp³-hybridized carbons (Fsp3) is 0.368. The summed E-state index contributed by atoms with van der Waals surface area (Å²) in [6, 6.07) is 16.3. The number of carbonyl (C=O) groups is 1. The highest BCUT2D eigenvalue weighted by atomic mass is 16.2. The van der Waals surface area contributed by atoms with Gasteiger partial charge < -0.3 is 4.90 Å². The van der Waals surface area contributed by atoms with E-state index in [2.05, 4.69) is 29.2 Å². The molecule has 0 spiro atoms. The SMILES string of the molecule is O=C(c1ccccn1)N(CCc1ccccc1)C1CCCC1. The van der Waals surface area contributed by atoms with Crippen LogP contribution in [0.25, 0.3) is 0 Å². The molecule has 0 unspecified atom stereocenters. The summed E-state index contributed by atoms with van der Waals surface area (Å²) in [6.07, 6.45) is 7.28. The summed E-state index contributed by atoms with van der Waals surface area (Å²) in [5.74, 6) is 0.0726. The van der Waals surface area contributed by atoms with Crippen LogP contribution in [0.1, 0.15) is 41.7 Å². The molecular weight excluding hydrogens is 272 g/mol. The van der Waals surface area contributed by atoms with Crippen LogP contribution >= 0.6 is 0 Å². The molecule has 1 saturated carbocycles. The van der Waals surface area contributed by atoms with Gasteiger partial charge in [0, 0.05) is 18.8 Å². The van der Waals surface area contributed by atoms with E-state index in [0.717, 1.165) is 25.8 Å². The fourth-order valence-corrected chi connectivity index (χ4v) is 3.20. The zero-order chi connectivity index (χ0) is 15.2. The molecule has 22 heavy (non-hydrogen) atoms. The molecule has 0 atom stereocenters. The van der Waals surface area contributed by atoms with Crippen molar-refractivity contribution in [3.05, 3.63) is 66.0 Å². The zero-order valence-corrected chi connectivity index (χ0v) is 12.8. The first-order valence-electron chi connectivity index (χ1n) is 8.10.